The zero-order chi connectivity index (χ0) is 45.4. The van der Waals surface area contributed by atoms with E-state index in [0.29, 0.717) is 0 Å². The van der Waals surface area contributed by atoms with Crippen LogP contribution in [0.2, 0.25) is 0 Å². The number of rotatable bonds is 3. The molecule has 1 spiro atoms. The third-order valence-corrected chi connectivity index (χ3v) is 15.1. The van der Waals surface area contributed by atoms with Crippen molar-refractivity contribution >= 4 is 74.3 Å². The molecule has 13 rings (SSSR count). The predicted octanol–water partition coefficient (Wildman–Crippen LogP) is 14.5. The normalized spacial score (nSPS) is 14.7. The highest BCUT2D eigenvalue weighted by Crippen LogP contribution is 2.63. The van der Waals surface area contributed by atoms with Gasteiger partial charge >= 0.3 is 0 Å². The molecule has 3 aliphatic heterocycles. The summed E-state index contributed by atoms with van der Waals surface area (Å²) in [5.74, 6) is 0. The van der Waals surface area contributed by atoms with Crippen molar-refractivity contribution < 1.29 is 0 Å². The molecule has 322 valence electrons. The molecule has 1 aliphatic carbocycles. The lowest BCUT2D eigenvalue weighted by molar-refractivity contribution is 0.590. The summed E-state index contributed by atoms with van der Waals surface area (Å²) in [4.78, 5) is 7.66. The van der Waals surface area contributed by atoms with Crippen molar-refractivity contribution in [3.05, 3.63) is 240 Å². The van der Waals surface area contributed by atoms with Gasteiger partial charge in [0, 0.05) is 34.1 Å². The summed E-state index contributed by atoms with van der Waals surface area (Å²) < 4.78 is 0. The molecule has 0 aromatic heterocycles. The Balaban J connectivity index is 1.15. The van der Waals surface area contributed by atoms with Crippen LogP contribution >= 0.6 is 0 Å². The van der Waals surface area contributed by atoms with Gasteiger partial charge in [-0.3, -0.25) is 0 Å². The van der Waals surface area contributed by atoms with E-state index in [1.807, 2.05) is 0 Å². The molecule has 4 heteroatoms. The maximum Gasteiger partial charge on any atom is 0.252 e. The molecule has 67 heavy (non-hydrogen) atoms. The summed E-state index contributed by atoms with van der Waals surface area (Å²) in [7, 11) is 0. The van der Waals surface area contributed by atoms with E-state index in [1.54, 1.807) is 0 Å². The Labute approximate surface area is 395 Å². The van der Waals surface area contributed by atoms with Crippen molar-refractivity contribution in [2.75, 3.05) is 14.7 Å². The molecule has 3 heterocycles. The second-order valence-corrected chi connectivity index (χ2v) is 20.9. The molecular weight excluding hydrogens is 810 g/mol. The van der Waals surface area contributed by atoms with Crippen LogP contribution in [0, 0.1) is 0 Å². The van der Waals surface area contributed by atoms with Gasteiger partial charge in [0.1, 0.15) is 0 Å². The third-order valence-electron chi connectivity index (χ3n) is 15.1. The Kier molecular flexibility index (Phi) is 8.45. The van der Waals surface area contributed by atoms with Gasteiger partial charge in [0.2, 0.25) is 0 Å². The van der Waals surface area contributed by atoms with Crippen LogP contribution in [0.1, 0.15) is 74.9 Å². The first kappa shape index (κ1) is 39.8. The highest BCUT2D eigenvalue weighted by atomic mass is 15.2. The van der Waals surface area contributed by atoms with Crippen LogP contribution < -0.4 is 31.1 Å². The van der Waals surface area contributed by atoms with E-state index in [2.05, 4.69) is 262 Å². The Morgan fingerprint density at radius 2 is 0.701 bits per heavy atom. The lowest BCUT2D eigenvalue weighted by Crippen LogP contribution is -2.61. The summed E-state index contributed by atoms with van der Waals surface area (Å²) in [5.41, 5.74) is 24.6. The highest BCUT2D eigenvalue weighted by molar-refractivity contribution is 7.00. The van der Waals surface area contributed by atoms with Crippen molar-refractivity contribution in [3.8, 4) is 11.1 Å². The summed E-state index contributed by atoms with van der Waals surface area (Å²) in [6.07, 6.45) is 0. The van der Waals surface area contributed by atoms with Crippen molar-refractivity contribution in [2.24, 2.45) is 0 Å². The van der Waals surface area contributed by atoms with Gasteiger partial charge < -0.3 is 14.7 Å². The second kappa shape index (κ2) is 14.2. The number of hydrogen-bond donors (Lipinski definition) is 0. The number of para-hydroxylation sites is 4. The fourth-order valence-corrected chi connectivity index (χ4v) is 12.1. The van der Waals surface area contributed by atoms with E-state index >= 15 is 0 Å². The van der Waals surface area contributed by atoms with Crippen molar-refractivity contribution in [1.82, 2.24) is 0 Å². The van der Waals surface area contributed by atoms with Crippen LogP contribution in [-0.4, -0.2) is 6.71 Å². The quantitative estimate of drug-likeness (QED) is 0.164. The monoisotopic (exact) mass is 861 g/mol. The molecule has 0 saturated heterocycles. The Bertz CT molecular complexity index is 3240. The number of hydrogen-bond acceptors (Lipinski definition) is 3. The molecular formula is C63H52BN3. The van der Waals surface area contributed by atoms with Gasteiger partial charge in [0.25, 0.3) is 6.71 Å². The molecule has 0 radical (unpaired) electrons. The van der Waals surface area contributed by atoms with E-state index in [9.17, 15) is 0 Å². The lowest BCUT2D eigenvalue weighted by Gasteiger charge is -2.47. The smallest absolute Gasteiger partial charge is 0.252 e. The van der Waals surface area contributed by atoms with Crippen LogP contribution in [0.4, 0.5) is 51.2 Å². The summed E-state index contributed by atoms with van der Waals surface area (Å²) in [5, 5.41) is 0. The van der Waals surface area contributed by atoms with Crippen LogP contribution in [0.15, 0.2) is 206 Å². The second-order valence-electron chi connectivity index (χ2n) is 20.9. The first-order chi connectivity index (χ1) is 32.5. The molecule has 0 bridgehead atoms. The van der Waals surface area contributed by atoms with Gasteiger partial charge in [0.05, 0.1) is 22.5 Å². The Hall–Kier alpha value is -7.56. The van der Waals surface area contributed by atoms with Gasteiger partial charge in [-0.25, -0.2) is 0 Å². The number of fused-ring (bicyclic) bond motifs is 13. The summed E-state index contributed by atoms with van der Waals surface area (Å²) in [6, 6.07) is 78.2. The summed E-state index contributed by atoms with van der Waals surface area (Å²) >= 11 is 0. The molecule has 4 aliphatic rings. The van der Waals surface area contributed by atoms with Gasteiger partial charge in [-0.2, -0.15) is 0 Å². The van der Waals surface area contributed by atoms with Gasteiger partial charge in [0.15, 0.2) is 0 Å². The zero-order valence-corrected chi connectivity index (χ0v) is 39.0. The van der Waals surface area contributed by atoms with E-state index in [-0.39, 0.29) is 17.5 Å². The minimum Gasteiger partial charge on any atom is -0.311 e. The van der Waals surface area contributed by atoms with Gasteiger partial charge in [-0.05, 0) is 132 Å². The van der Waals surface area contributed by atoms with Crippen LogP contribution in [-0.2, 0) is 16.2 Å². The molecule has 3 nitrogen and oxygen atoms in total. The molecule has 0 unspecified atom stereocenters. The molecule has 0 saturated carbocycles. The van der Waals surface area contributed by atoms with Crippen LogP contribution in [0.5, 0.6) is 0 Å². The number of anilines is 9. The average Bonchev–Trinajstić information content (AvgIpc) is 3.64. The van der Waals surface area contributed by atoms with Crippen LogP contribution in [0.25, 0.3) is 11.1 Å². The van der Waals surface area contributed by atoms with Gasteiger partial charge in [-0.15, -0.1) is 0 Å². The van der Waals surface area contributed by atoms with Crippen molar-refractivity contribution in [3.63, 3.8) is 0 Å². The molecule has 0 amide bonds. The van der Waals surface area contributed by atoms with E-state index < -0.39 is 5.41 Å². The number of nitrogens with zero attached hydrogens (tertiary/aromatic N) is 3. The maximum atomic E-state index is 2.56. The standard InChI is InChI=1S/C63H52BN3/c1-61(2,3)41-33-35-56-52(37-41)64-53-38-42(62(4,5)6)34-36-57(53)66(44-23-11-8-12-24-44)59-40-45(39-58(60(59)64)65(56)43-21-9-7-10-22-43)67-54-31-19-17-29-50(54)63(51-30-18-20-32-55(51)67)48-27-15-13-25-46(48)47-26-14-16-28-49(47)63/h7-40H,1-6H3. The van der Waals surface area contributed by atoms with E-state index in [0.717, 1.165) is 17.1 Å². The number of benzene rings is 9. The summed E-state index contributed by atoms with van der Waals surface area (Å²) in [6.45, 7) is 14.0. The fraction of sp³-hybridized carbons (Fsp3) is 0.143. The maximum absolute atomic E-state index is 2.56. The average molecular weight is 862 g/mol. The molecule has 0 N–H and O–H groups in total. The first-order valence-electron chi connectivity index (χ1n) is 23.9. The SMILES string of the molecule is CC(C)(C)c1ccc2c(c1)B1c3cc(C(C)(C)C)ccc3N(c3ccccc3)c3cc(N4c5ccccc5C5(c6ccccc6-c6ccccc65)c5ccccc54)cc(c31)N2c1ccccc1. The first-order valence-corrected chi connectivity index (χ1v) is 23.9. The molecule has 0 fully saturated rings. The molecule has 9 aromatic carbocycles. The van der Waals surface area contributed by atoms with E-state index in [4.69, 9.17) is 0 Å². The Morgan fingerprint density at radius 3 is 1.13 bits per heavy atom. The zero-order valence-electron chi connectivity index (χ0n) is 39.0. The minimum atomic E-state index is -0.496. The van der Waals surface area contributed by atoms with E-state index in [1.165, 1.54) is 95.0 Å². The third kappa shape index (κ3) is 5.59. The molecule has 9 aromatic rings. The highest BCUT2D eigenvalue weighted by Gasteiger charge is 2.52. The van der Waals surface area contributed by atoms with Crippen LogP contribution in [0.3, 0.4) is 0 Å². The topological polar surface area (TPSA) is 9.72 Å². The molecule has 0 atom stereocenters. The lowest BCUT2D eigenvalue weighted by atomic mass is 9.33. The Morgan fingerprint density at radius 1 is 0.328 bits per heavy atom. The largest absolute Gasteiger partial charge is 0.311 e. The fourth-order valence-electron chi connectivity index (χ4n) is 12.1. The van der Waals surface area contributed by atoms with Crippen molar-refractivity contribution in [2.45, 2.75) is 57.8 Å². The minimum absolute atomic E-state index is 0.00994. The van der Waals surface area contributed by atoms with Gasteiger partial charge in [-0.1, -0.05) is 187 Å². The van der Waals surface area contributed by atoms with Crippen molar-refractivity contribution in [1.29, 1.82) is 0 Å². The predicted molar refractivity (Wildman–Crippen MR) is 283 cm³/mol.